The van der Waals surface area contributed by atoms with Gasteiger partial charge >= 0.3 is 0 Å². The summed E-state index contributed by atoms with van der Waals surface area (Å²) in [6, 6.07) is 5.90. The molecule has 0 aliphatic heterocycles. The molecule has 0 bridgehead atoms. The van der Waals surface area contributed by atoms with Crippen molar-refractivity contribution in [1.29, 1.82) is 0 Å². The molecule has 0 spiro atoms. The van der Waals surface area contributed by atoms with Crippen molar-refractivity contribution in [2.45, 2.75) is 6.92 Å². The van der Waals surface area contributed by atoms with E-state index in [9.17, 15) is 4.79 Å². The molecule has 0 unspecified atom stereocenters. The average Bonchev–Trinajstić information content (AvgIpc) is 2.60. The summed E-state index contributed by atoms with van der Waals surface area (Å²) < 4.78 is 2.02. The van der Waals surface area contributed by atoms with Gasteiger partial charge in [0.15, 0.2) is 0 Å². The first-order valence-electron chi connectivity index (χ1n) is 4.91. The molecule has 0 saturated heterocycles. The molecule has 0 aliphatic rings. The van der Waals surface area contributed by atoms with E-state index in [0.717, 1.165) is 11.1 Å². The fourth-order valence-corrected chi connectivity index (χ4v) is 1.83. The van der Waals surface area contributed by atoms with Gasteiger partial charge in [-0.1, -0.05) is 0 Å². The van der Waals surface area contributed by atoms with Gasteiger partial charge < -0.3 is 9.88 Å². The van der Waals surface area contributed by atoms with E-state index in [2.05, 4.69) is 11.4 Å². The van der Waals surface area contributed by atoms with E-state index >= 15 is 0 Å². The predicted octanol–water partition coefficient (Wildman–Crippen LogP) is 1.85. The van der Waals surface area contributed by atoms with Gasteiger partial charge in [-0.15, -0.1) is 0 Å². The molecular formula is C12H14N2O. The van der Waals surface area contributed by atoms with E-state index in [0.29, 0.717) is 5.56 Å². The van der Waals surface area contributed by atoms with Crippen LogP contribution in [-0.4, -0.2) is 17.5 Å². The molecule has 0 aliphatic carbocycles. The van der Waals surface area contributed by atoms with Crippen LogP contribution in [-0.2, 0) is 7.05 Å². The molecule has 0 radical (unpaired) electrons. The molecule has 3 heteroatoms. The molecule has 15 heavy (non-hydrogen) atoms. The Morgan fingerprint density at radius 1 is 1.40 bits per heavy atom. The van der Waals surface area contributed by atoms with Crippen LogP contribution in [0.2, 0.25) is 0 Å². The molecule has 1 heterocycles. The Morgan fingerprint density at radius 2 is 2.13 bits per heavy atom. The molecule has 0 fully saturated rings. The minimum absolute atomic E-state index is 0.0406. The maximum Gasteiger partial charge on any atom is 0.251 e. The largest absolute Gasteiger partial charge is 0.355 e. The molecule has 78 valence electrons. The quantitative estimate of drug-likeness (QED) is 0.752. The summed E-state index contributed by atoms with van der Waals surface area (Å²) in [6.07, 6.45) is 2.01. The van der Waals surface area contributed by atoms with Crippen molar-refractivity contribution in [2.75, 3.05) is 7.05 Å². The third kappa shape index (κ3) is 1.50. The standard InChI is InChI=1S/C12H14N2O/c1-8-6-9(12(15)13-2)7-11-10(8)4-5-14(11)3/h4-7H,1-3H3,(H,13,15). The van der Waals surface area contributed by atoms with Gasteiger partial charge in [-0.3, -0.25) is 4.79 Å². The van der Waals surface area contributed by atoms with Crippen molar-refractivity contribution in [3.8, 4) is 0 Å². The average molecular weight is 202 g/mol. The van der Waals surface area contributed by atoms with Crippen molar-refractivity contribution in [2.24, 2.45) is 7.05 Å². The van der Waals surface area contributed by atoms with Crippen molar-refractivity contribution in [3.63, 3.8) is 0 Å². The number of benzene rings is 1. The second kappa shape index (κ2) is 3.42. The van der Waals surface area contributed by atoms with E-state index < -0.39 is 0 Å². The highest BCUT2D eigenvalue weighted by Gasteiger charge is 2.08. The zero-order valence-corrected chi connectivity index (χ0v) is 9.16. The van der Waals surface area contributed by atoms with Crippen LogP contribution in [0.1, 0.15) is 15.9 Å². The summed E-state index contributed by atoms with van der Waals surface area (Å²) in [7, 11) is 3.63. The van der Waals surface area contributed by atoms with Gasteiger partial charge in [0.2, 0.25) is 0 Å². The Morgan fingerprint density at radius 3 is 2.80 bits per heavy atom. The van der Waals surface area contributed by atoms with Crippen molar-refractivity contribution in [1.82, 2.24) is 9.88 Å². The van der Waals surface area contributed by atoms with Gasteiger partial charge in [0.1, 0.15) is 0 Å². The molecule has 0 saturated carbocycles. The fraction of sp³-hybridized carbons (Fsp3) is 0.250. The molecule has 1 aromatic carbocycles. The number of hydrogen-bond donors (Lipinski definition) is 1. The Balaban J connectivity index is 2.70. The van der Waals surface area contributed by atoms with Crippen LogP contribution < -0.4 is 5.32 Å². The SMILES string of the molecule is CNC(=O)c1cc(C)c2ccn(C)c2c1. The molecular weight excluding hydrogens is 188 g/mol. The number of nitrogens with zero attached hydrogens (tertiary/aromatic N) is 1. The first-order valence-corrected chi connectivity index (χ1v) is 4.91. The van der Waals surface area contributed by atoms with Crippen molar-refractivity contribution < 1.29 is 4.79 Å². The number of fused-ring (bicyclic) bond motifs is 1. The van der Waals surface area contributed by atoms with E-state index in [1.54, 1.807) is 7.05 Å². The van der Waals surface area contributed by atoms with Crippen molar-refractivity contribution >= 4 is 16.8 Å². The van der Waals surface area contributed by atoms with Crippen molar-refractivity contribution in [3.05, 3.63) is 35.5 Å². The number of aromatic nitrogens is 1. The molecule has 0 atom stereocenters. The van der Waals surface area contributed by atoms with E-state index in [1.165, 1.54) is 5.39 Å². The number of rotatable bonds is 1. The van der Waals surface area contributed by atoms with Crippen LogP contribution in [0, 0.1) is 6.92 Å². The maximum absolute atomic E-state index is 11.5. The second-order valence-electron chi connectivity index (χ2n) is 3.73. The third-order valence-electron chi connectivity index (χ3n) is 2.70. The monoisotopic (exact) mass is 202 g/mol. The summed E-state index contributed by atoms with van der Waals surface area (Å²) in [6.45, 7) is 2.02. The molecule has 1 amide bonds. The highest BCUT2D eigenvalue weighted by Crippen LogP contribution is 2.21. The first-order chi connectivity index (χ1) is 7.13. The summed E-state index contributed by atoms with van der Waals surface area (Å²) in [4.78, 5) is 11.5. The number of nitrogens with one attached hydrogen (secondary N) is 1. The Kier molecular flexibility index (Phi) is 2.23. The molecule has 2 aromatic rings. The zero-order valence-electron chi connectivity index (χ0n) is 9.16. The lowest BCUT2D eigenvalue weighted by Gasteiger charge is -2.04. The zero-order chi connectivity index (χ0) is 11.0. The van der Waals surface area contributed by atoms with Gasteiger partial charge in [-0.2, -0.15) is 0 Å². The van der Waals surface area contributed by atoms with Crippen LogP contribution in [0.3, 0.4) is 0 Å². The fourth-order valence-electron chi connectivity index (χ4n) is 1.83. The van der Waals surface area contributed by atoms with E-state index in [-0.39, 0.29) is 5.91 Å². The first kappa shape index (κ1) is 9.77. The lowest BCUT2D eigenvalue weighted by molar-refractivity contribution is 0.0963. The van der Waals surface area contributed by atoms with Crippen LogP contribution >= 0.6 is 0 Å². The summed E-state index contributed by atoms with van der Waals surface area (Å²) >= 11 is 0. The van der Waals surface area contributed by atoms with Gasteiger partial charge in [0.25, 0.3) is 5.91 Å². The van der Waals surface area contributed by atoms with E-state index in [1.807, 2.05) is 36.9 Å². The minimum Gasteiger partial charge on any atom is -0.355 e. The summed E-state index contributed by atoms with van der Waals surface area (Å²) in [5, 5.41) is 3.84. The molecule has 2 rings (SSSR count). The molecule has 1 N–H and O–H groups in total. The number of carbonyl (C=O) groups excluding carboxylic acids is 1. The van der Waals surface area contributed by atoms with E-state index in [4.69, 9.17) is 0 Å². The topological polar surface area (TPSA) is 34.0 Å². The highest BCUT2D eigenvalue weighted by molar-refractivity contribution is 5.98. The Hall–Kier alpha value is -1.77. The van der Waals surface area contributed by atoms with Gasteiger partial charge in [0.05, 0.1) is 0 Å². The van der Waals surface area contributed by atoms with Gasteiger partial charge in [0, 0.05) is 36.8 Å². The number of carbonyl (C=O) groups is 1. The number of aryl methyl sites for hydroxylation is 2. The van der Waals surface area contributed by atoms with Crippen LogP contribution in [0.5, 0.6) is 0 Å². The normalized spacial score (nSPS) is 10.6. The minimum atomic E-state index is -0.0406. The lowest BCUT2D eigenvalue weighted by Crippen LogP contribution is -2.17. The second-order valence-corrected chi connectivity index (χ2v) is 3.73. The smallest absolute Gasteiger partial charge is 0.251 e. The Bertz CT molecular complexity index is 526. The van der Waals surface area contributed by atoms with Crippen LogP contribution in [0.4, 0.5) is 0 Å². The Labute approximate surface area is 88.7 Å². The number of amides is 1. The maximum atomic E-state index is 11.5. The number of hydrogen-bond acceptors (Lipinski definition) is 1. The van der Waals surface area contributed by atoms with Gasteiger partial charge in [-0.05, 0) is 30.7 Å². The molecule has 1 aromatic heterocycles. The van der Waals surface area contributed by atoms with Crippen LogP contribution in [0.15, 0.2) is 24.4 Å². The lowest BCUT2D eigenvalue weighted by atomic mass is 10.1. The molecule has 3 nitrogen and oxygen atoms in total. The van der Waals surface area contributed by atoms with Gasteiger partial charge in [-0.25, -0.2) is 0 Å². The summed E-state index contributed by atoms with van der Waals surface area (Å²) in [5.41, 5.74) is 2.93. The third-order valence-corrected chi connectivity index (χ3v) is 2.70. The highest BCUT2D eigenvalue weighted by atomic mass is 16.1. The van der Waals surface area contributed by atoms with Crippen LogP contribution in [0.25, 0.3) is 10.9 Å². The summed E-state index contributed by atoms with van der Waals surface area (Å²) in [5.74, 6) is -0.0406. The predicted molar refractivity (Wildman–Crippen MR) is 61.0 cm³/mol.